The Morgan fingerprint density at radius 1 is 1.27 bits per heavy atom. The number of hydrogen-bond acceptors (Lipinski definition) is 3. The molecule has 0 amide bonds. The number of halogens is 1. The third kappa shape index (κ3) is 4.25. The van der Waals surface area contributed by atoms with Gasteiger partial charge in [0.25, 0.3) is 0 Å². The molecule has 3 N–H and O–H groups in total. The number of hydrogen-bond donors (Lipinski definition) is 3. The minimum absolute atomic E-state index is 0. The van der Waals surface area contributed by atoms with Gasteiger partial charge in [-0.2, -0.15) is 0 Å². The van der Waals surface area contributed by atoms with E-state index in [0.717, 1.165) is 6.42 Å². The summed E-state index contributed by atoms with van der Waals surface area (Å²) >= 11 is 0. The molecule has 5 heteroatoms. The van der Waals surface area contributed by atoms with Crippen molar-refractivity contribution in [1.29, 1.82) is 0 Å². The Hall–Kier alpha value is 0.130. The number of likely N-dealkylation sites (N-methyl/N-ethyl adjacent to an activating group) is 1. The molecule has 0 aromatic rings. The average Bonchev–Trinajstić information content (AvgIpc) is 2.15. The highest BCUT2D eigenvalue weighted by Crippen LogP contribution is 2.24. The van der Waals surface area contributed by atoms with Gasteiger partial charge < -0.3 is 32.2 Å². The molecule has 0 aliphatic rings. The third-order valence-electron chi connectivity index (χ3n) is 3.44. The van der Waals surface area contributed by atoms with Crippen LogP contribution in [0, 0.1) is 0 Å². The Morgan fingerprint density at radius 3 is 2.00 bits per heavy atom. The van der Waals surface area contributed by atoms with E-state index in [1.54, 1.807) is 0 Å². The van der Waals surface area contributed by atoms with Gasteiger partial charge in [0.2, 0.25) is 0 Å². The lowest BCUT2D eigenvalue weighted by molar-refractivity contribution is -0.943. The summed E-state index contributed by atoms with van der Waals surface area (Å²) in [6, 6.07) is 0. The monoisotopic (exact) mass is 241 g/mol. The first-order chi connectivity index (χ1) is 6.33. The minimum atomic E-state index is -0.720. The zero-order valence-corrected chi connectivity index (χ0v) is 10.8. The van der Waals surface area contributed by atoms with Crippen LogP contribution in [-0.4, -0.2) is 65.3 Å². The Bertz CT molecular complexity index is 172. The summed E-state index contributed by atoms with van der Waals surface area (Å²) in [5, 5.41) is 27.5. The lowest BCUT2D eigenvalue weighted by Crippen LogP contribution is -3.00. The highest BCUT2D eigenvalue weighted by atomic mass is 35.5. The van der Waals surface area contributed by atoms with Crippen LogP contribution in [0.1, 0.15) is 20.3 Å². The molecule has 2 unspecified atom stereocenters. The van der Waals surface area contributed by atoms with Crippen LogP contribution in [0.4, 0.5) is 0 Å². The number of aliphatic hydroxyl groups is 3. The predicted molar refractivity (Wildman–Crippen MR) is 55.8 cm³/mol. The minimum Gasteiger partial charge on any atom is -1.00 e. The third-order valence-corrected chi connectivity index (χ3v) is 3.44. The second-order valence-corrected chi connectivity index (χ2v) is 4.71. The van der Waals surface area contributed by atoms with Gasteiger partial charge in [0.15, 0.2) is 0 Å². The lowest BCUT2D eigenvalue weighted by Gasteiger charge is -2.46. The fourth-order valence-electron chi connectivity index (χ4n) is 1.54. The largest absolute Gasteiger partial charge is 1.00 e. The molecule has 0 heterocycles. The van der Waals surface area contributed by atoms with E-state index < -0.39 is 6.10 Å². The maximum Gasteiger partial charge on any atom is 0.126 e. The van der Waals surface area contributed by atoms with Gasteiger partial charge in [0, 0.05) is 6.42 Å². The van der Waals surface area contributed by atoms with Crippen molar-refractivity contribution in [3.8, 4) is 0 Å². The molecule has 0 saturated heterocycles. The molecule has 0 radical (unpaired) electrons. The van der Waals surface area contributed by atoms with Gasteiger partial charge in [-0.3, -0.25) is 0 Å². The van der Waals surface area contributed by atoms with Crippen molar-refractivity contribution in [2.24, 2.45) is 0 Å². The molecule has 0 aliphatic heterocycles. The van der Waals surface area contributed by atoms with E-state index in [1.165, 1.54) is 0 Å². The maximum absolute atomic E-state index is 9.40. The van der Waals surface area contributed by atoms with E-state index in [-0.39, 0.29) is 31.2 Å². The van der Waals surface area contributed by atoms with Crippen LogP contribution in [0.15, 0.2) is 0 Å². The molecular formula is C10H24ClNO3. The standard InChI is InChI=1S/C10H24NO3.ClH/c1-5-10(2,8-13)11(3,4)6-9(14)7-12;/h9,12-14H,5-8H2,1-4H3;1H/q+1;/p-1. The summed E-state index contributed by atoms with van der Waals surface area (Å²) in [7, 11) is 3.91. The highest BCUT2D eigenvalue weighted by Gasteiger charge is 2.40. The smallest absolute Gasteiger partial charge is 0.126 e. The van der Waals surface area contributed by atoms with Gasteiger partial charge in [0.1, 0.15) is 18.2 Å². The van der Waals surface area contributed by atoms with Crippen molar-refractivity contribution >= 4 is 0 Å². The van der Waals surface area contributed by atoms with Gasteiger partial charge in [-0.1, -0.05) is 6.92 Å². The SMILES string of the molecule is CCC(C)(CO)[N+](C)(C)CC(O)CO.[Cl-]. The molecule has 0 aromatic heterocycles. The van der Waals surface area contributed by atoms with Gasteiger partial charge in [0.05, 0.1) is 27.3 Å². The van der Waals surface area contributed by atoms with E-state index in [2.05, 4.69) is 0 Å². The first-order valence-electron chi connectivity index (χ1n) is 5.06. The molecule has 0 aromatic carbocycles. The molecular weight excluding hydrogens is 218 g/mol. The van der Waals surface area contributed by atoms with Crippen molar-refractivity contribution in [2.45, 2.75) is 31.9 Å². The highest BCUT2D eigenvalue weighted by molar-refractivity contribution is 4.73. The number of quaternary nitrogens is 1. The van der Waals surface area contributed by atoms with Crippen LogP contribution in [0.3, 0.4) is 0 Å². The van der Waals surface area contributed by atoms with Crippen molar-refractivity contribution in [2.75, 3.05) is 33.9 Å². The Balaban J connectivity index is 0. The first kappa shape index (κ1) is 17.5. The predicted octanol–water partition coefficient (Wildman–Crippen LogP) is -3.42. The molecule has 4 nitrogen and oxygen atoms in total. The molecule has 0 aliphatic carbocycles. The normalized spacial score (nSPS) is 17.8. The lowest BCUT2D eigenvalue weighted by atomic mass is 9.95. The number of nitrogens with zero attached hydrogens (tertiary/aromatic N) is 1. The van der Waals surface area contributed by atoms with E-state index >= 15 is 0 Å². The van der Waals surface area contributed by atoms with Crippen LogP contribution in [0.25, 0.3) is 0 Å². The molecule has 94 valence electrons. The zero-order chi connectivity index (χ0) is 11.4. The average molecular weight is 242 g/mol. The molecule has 0 saturated carbocycles. The number of aliphatic hydroxyl groups excluding tert-OH is 3. The van der Waals surface area contributed by atoms with Crippen molar-refractivity contribution in [3.05, 3.63) is 0 Å². The summed E-state index contributed by atoms with van der Waals surface area (Å²) in [4.78, 5) is 0. The number of rotatable bonds is 6. The van der Waals surface area contributed by atoms with Crippen LogP contribution in [0.5, 0.6) is 0 Å². The van der Waals surface area contributed by atoms with Crippen LogP contribution < -0.4 is 12.4 Å². The van der Waals surface area contributed by atoms with E-state index in [4.69, 9.17) is 5.11 Å². The van der Waals surface area contributed by atoms with Crippen LogP contribution >= 0.6 is 0 Å². The van der Waals surface area contributed by atoms with Gasteiger partial charge in [-0.05, 0) is 6.92 Å². The molecule has 2 atom stereocenters. The summed E-state index contributed by atoms with van der Waals surface area (Å²) < 4.78 is 0.502. The summed E-state index contributed by atoms with van der Waals surface area (Å²) in [5.41, 5.74) is -0.268. The Kier molecular flexibility index (Phi) is 7.78. The van der Waals surface area contributed by atoms with Crippen LogP contribution in [-0.2, 0) is 0 Å². The molecule has 15 heavy (non-hydrogen) atoms. The maximum atomic E-state index is 9.40. The summed E-state index contributed by atoms with van der Waals surface area (Å²) in [6.45, 7) is 4.29. The quantitative estimate of drug-likeness (QED) is 0.425. The van der Waals surface area contributed by atoms with E-state index in [1.807, 2.05) is 27.9 Å². The van der Waals surface area contributed by atoms with Gasteiger partial charge in [-0.15, -0.1) is 0 Å². The van der Waals surface area contributed by atoms with Gasteiger partial charge >= 0.3 is 0 Å². The fourth-order valence-corrected chi connectivity index (χ4v) is 1.54. The molecule has 0 fully saturated rings. The topological polar surface area (TPSA) is 60.7 Å². The van der Waals surface area contributed by atoms with E-state index in [0.29, 0.717) is 11.0 Å². The van der Waals surface area contributed by atoms with Crippen molar-refractivity contribution < 1.29 is 32.2 Å². The second kappa shape index (κ2) is 6.66. The Morgan fingerprint density at radius 2 is 1.73 bits per heavy atom. The molecule has 0 bridgehead atoms. The summed E-state index contributed by atoms with van der Waals surface area (Å²) in [6.07, 6.45) is 0.108. The van der Waals surface area contributed by atoms with Gasteiger partial charge in [-0.25, -0.2) is 0 Å². The van der Waals surface area contributed by atoms with Crippen molar-refractivity contribution in [1.82, 2.24) is 0 Å². The molecule has 0 rings (SSSR count). The second-order valence-electron chi connectivity index (χ2n) is 4.71. The van der Waals surface area contributed by atoms with Crippen molar-refractivity contribution in [3.63, 3.8) is 0 Å². The fraction of sp³-hybridized carbons (Fsp3) is 1.00. The zero-order valence-electron chi connectivity index (χ0n) is 10.1. The first-order valence-corrected chi connectivity index (χ1v) is 5.06. The molecule has 0 spiro atoms. The summed E-state index contributed by atoms with van der Waals surface area (Å²) in [5.74, 6) is 0. The van der Waals surface area contributed by atoms with Crippen LogP contribution in [0.2, 0.25) is 0 Å². The van der Waals surface area contributed by atoms with E-state index in [9.17, 15) is 10.2 Å². The Labute approximate surface area is 98.5 Å².